The second-order valence-electron chi connectivity index (χ2n) is 4.99. The molecule has 122 valence electrons. The second kappa shape index (κ2) is 6.79. The lowest BCUT2D eigenvalue weighted by Crippen LogP contribution is -2.00. The minimum absolute atomic E-state index is 0.0503. The fourth-order valence-electron chi connectivity index (χ4n) is 2.18. The average molecular weight is 390 g/mol. The quantitative estimate of drug-likeness (QED) is 0.477. The van der Waals surface area contributed by atoms with Crippen LogP contribution in [0.5, 0.6) is 5.75 Å². The van der Waals surface area contributed by atoms with Crippen molar-refractivity contribution >= 4 is 21.6 Å². The molecule has 0 aliphatic heterocycles. The lowest BCUT2D eigenvalue weighted by Gasteiger charge is -2.05. The van der Waals surface area contributed by atoms with Crippen molar-refractivity contribution in [2.75, 3.05) is 0 Å². The van der Waals surface area contributed by atoms with Gasteiger partial charge in [0, 0.05) is 15.6 Å². The van der Waals surface area contributed by atoms with E-state index >= 15 is 0 Å². The Kier molecular flexibility index (Phi) is 4.57. The van der Waals surface area contributed by atoms with Gasteiger partial charge in [-0.2, -0.15) is 4.98 Å². The molecule has 0 fully saturated rings. The molecule has 8 heteroatoms. The first-order valence-electron chi connectivity index (χ1n) is 7.00. The molecule has 0 aliphatic carbocycles. The van der Waals surface area contributed by atoms with E-state index < -0.39 is 4.92 Å². The molecule has 24 heavy (non-hydrogen) atoms. The highest BCUT2D eigenvalue weighted by molar-refractivity contribution is 9.10. The minimum atomic E-state index is -0.467. The number of aromatic nitrogens is 2. The number of para-hydroxylation sites is 1. The monoisotopic (exact) mass is 389 g/mol. The van der Waals surface area contributed by atoms with E-state index in [4.69, 9.17) is 9.26 Å². The summed E-state index contributed by atoms with van der Waals surface area (Å²) in [5.41, 5.74) is 1.25. The van der Waals surface area contributed by atoms with Gasteiger partial charge in [-0.25, -0.2) is 0 Å². The fourth-order valence-corrected chi connectivity index (χ4v) is 2.58. The van der Waals surface area contributed by atoms with Gasteiger partial charge in [0.2, 0.25) is 5.82 Å². The molecule has 2 aromatic carbocycles. The van der Waals surface area contributed by atoms with Gasteiger partial charge in [0.1, 0.15) is 0 Å². The van der Waals surface area contributed by atoms with E-state index in [1.54, 1.807) is 19.1 Å². The molecular weight excluding hydrogens is 378 g/mol. The van der Waals surface area contributed by atoms with Crippen molar-refractivity contribution in [3.63, 3.8) is 0 Å². The Morgan fingerprint density at radius 2 is 2.08 bits per heavy atom. The first-order valence-corrected chi connectivity index (χ1v) is 7.79. The summed E-state index contributed by atoms with van der Waals surface area (Å²) in [6.07, 6.45) is 0. The third kappa shape index (κ3) is 3.43. The van der Waals surface area contributed by atoms with Crippen LogP contribution in [-0.2, 0) is 6.61 Å². The summed E-state index contributed by atoms with van der Waals surface area (Å²) in [5.74, 6) is 0.830. The third-order valence-electron chi connectivity index (χ3n) is 3.29. The van der Waals surface area contributed by atoms with Gasteiger partial charge in [0.05, 0.1) is 4.92 Å². The van der Waals surface area contributed by atoms with Crippen LogP contribution in [0.3, 0.4) is 0 Å². The highest BCUT2D eigenvalue weighted by Gasteiger charge is 2.19. The van der Waals surface area contributed by atoms with Crippen LogP contribution in [0.1, 0.15) is 11.5 Å². The van der Waals surface area contributed by atoms with Crippen LogP contribution in [0, 0.1) is 17.0 Å². The Morgan fingerprint density at radius 1 is 1.29 bits per heavy atom. The lowest BCUT2D eigenvalue weighted by atomic mass is 10.2. The summed E-state index contributed by atoms with van der Waals surface area (Å²) in [4.78, 5) is 14.9. The van der Waals surface area contributed by atoms with E-state index in [0.29, 0.717) is 11.4 Å². The molecule has 0 bridgehead atoms. The summed E-state index contributed by atoms with van der Waals surface area (Å²) < 4.78 is 11.5. The smallest absolute Gasteiger partial charge is 0.313 e. The highest BCUT2D eigenvalue weighted by atomic mass is 79.9. The van der Waals surface area contributed by atoms with E-state index in [1.807, 2.05) is 24.3 Å². The molecule has 0 saturated heterocycles. The second-order valence-corrected chi connectivity index (χ2v) is 5.91. The maximum absolute atomic E-state index is 11.1. The summed E-state index contributed by atoms with van der Waals surface area (Å²) in [6, 6.07) is 12.4. The summed E-state index contributed by atoms with van der Waals surface area (Å²) >= 11 is 3.38. The fraction of sp³-hybridized carbons (Fsp3) is 0.125. The Hall–Kier alpha value is -2.74. The van der Waals surface area contributed by atoms with Crippen LogP contribution in [-0.4, -0.2) is 15.1 Å². The van der Waals surface area contributed by atoms with Crippen LogP contribution in [0.25, 0.3) is 11.4 Å². The predicted octanol–water partition coefficient (Wildman–Crippen LogP) is 4.29. The van der Waals surface area contributed by atoms with Gasteiger partial charge >= 0.3 is 5.69 Å². The van der Waals surface area contributed by atoms with Crippen molar-refractivity contribution in [1.29, 1.82) is 0 Å². The third-order valence-corrected chi connectivity index (χ3v) is 3.78. The molecular formula is C16H12BrN3O4. The Bertz CT molecular complexity index is 895. The van der Waals surface area contributed by atoms with Crippen molar-refractivity contribution in [1.82, 2.24) is 10.1 Å². The van der Waals surface area contributed by atoms with E-state index in [0.717, 1.165) is 10.0 Å². The first kappa shape index (κ1) is 16.1. The topological polar surface area (TPSA) is 91.3 Å². The normalized spacial score (nSPS) is 10.6. The Morgan fingerprint density at radius 3 is 2.83 bits per heavy atom. The molecule has 0 amide bonds. The summed E-state index contributed by atoms with van der Waals surface area (Å²) in [5, 5.41) is 15.0. The van der Waals surface area contributed by atoms with Crippen LogP contribution >= 0.6 is 15.9 Å². The Balaban J connectivity index is 1.77. The molecule has 1 heterocycles. The lowest BCUT2D eigenvalue weighted by molar-refractivity contribution is -0.386. The SMILES string of the molecule is Cc1cccc(OCc2nc(-c3cccc(Br)c3)no2)c1[N+](=O)[O-]. The number of halogens is 1. The molecule has 7 nitrogen and oxygen atoms in total. The zero-order chi connectivity index (χ0) is 17.1. The van der Waals surface area contributed by atoms with Crippen molar-refractivity contribution in [3.8, 4) is 17.1 Å². The van der Waals surface area contributed by atoms with E-state index in [9.17, 15) is 10.1 Å². The largest absolute Gasteiger partial charge is 0.477 e. The molecule has 3 aromatic rings. The number of nitrogens with zero attached hydrogens (tertiary/aromatic N) is 3. The van der Waals surface area contributed by atoms with Gasteiger partial charge in [0.15, 0.2) is 12.4 Å². The molecule has 1 aromatic heterocycles. The summed E-state index contributed by atoms with van der Waals surface area (Å²) in [7, 11) is 0. The van der Waals surface area contributed by atoms with Gasteiger partial charge in [-0.15, -0.1) is 0 Å². The number of hydrogen-bond donors (Lipinski definition) is 0. The van der Waals surface area contributed by atoms with Gasteiger partial charge in [-0.3, -0.25) is 10.1 Å². The van der Waals surface area contributed by atoms with E-state index in [1.165, 1.54) is 6.07 Å². The molecule has 0 atom stereocenters. The molecule has 0 spiro atoms. The van der Waals surface area contributed by atoms with Crippen LogP contribution in [0.15, 0.2) is 51.5 Å². The zero-order valence-corrected chi connectivity index (χ0v) is 14.2. The average Bonchev–Trinajstić information content (AvgIpc) is 3.01. The van der Waals surface area contributed by atoms with Crippen LogP contribution in [0.2, 0.25) is 0 Å². The van der Waals surface area contributed by atoms with Crippen LogP contribution in [0.4, 0.5) is 5.69 Å². The molecule has 0 radical (unpaired) electrons. The summed E-state index contributed by atoms with van der Waals surface area (Å²) in [6.45, 7) is 1.61. The molecule has 3 rings (SSSR count). The van der Waals surface area contributed by atoms with E-state index in [2.05, 4.69) is 26.1 Å². The zero-order valence-electron chi connectivity index (χ0n) is 12.6. The Labute approximate surface area is 145 Å². The van der Waals surface area contributed by atoms with Crippen molar-refractivity contribution in [2.45, 2.75) is 13.5 Å². The number of rotatable bonds is 5. The van der Waals surface area contributed by atoms with Crippen LogP contribution < -0.4 is 4.74 Å². The maximum atomic E-state index is 11.1. The number of hydrogen-bond acceptors (Lipinski definition) is 6. The van der Waals surface area contributed by atoms with Gasteiger partial charge in [-0.1, -0.05) is 45.4 Å². The van der Waals surface area contributed by atoms with Gasteiger partial charge in [0.25, 0.3) is 5.89 Å². The number of nitro benzene ring substituents is 1. The van der Waals surface area contributed by atoms with Crippen molar-refractivity contribution < 1.29 is 14.2 Å². The molecule has 0 aliphatic rings. The number of aryl methyl sites for hydroxylation is 1. The number of benzene rings is 2. The molecule has 0 saturated carbocycles. The van der Waals surface area contributed by atoms with Gasteiger partial charge in [-0.05, 0) is 25.1 Å². The van der Waals surface area contributed by atoms with Gasteiger partial charge < -0.3 is 9.26 Å². The van der Waals surface area contributed by atoms with E-state index in [-0.39, 0.29) is 23.9 Å². The minimum Gasteiger partial charge on any atom is -0.477 e. The molecule has 0 N–H and O–H groups in total. The standard InChI is InChI=1S/C16H12BrN3O4/c1-10-4-2-7-13(15(10)20(21)22)23-9-14-18-16(19-24-14)11-5-3-6-12(17)8-11/h2-8H,9H2,1H3. The molecule has 0 unspecified atom stereocenters. The van der Waals surface area contributed by atoms with Crippen molar-refractivity contribution in [2.24, 2.45) is 0 Å². The number of nitro groups is 1. The first-order chi connectivity index (χ1) is 11.5. The maximum Gasteiger partial charge on any atom is 0.313 e. The number of ether oxygens (including phenoxy) is 1. The van der Waals surface area contributed by atoms with Crippen molar-refractivity contribution in [3.05, 3.63) is 68.5 Å². The predicted molar refractivity (Wildman–Crippen MR) is 89.6 cm³/mol. The highest BCUT2D eigenvalue weighted by Crippen LogP contribution is 2.30.